The zero-order chi connectivity index (χ0) is 13.8. The molecule has 0 N–H and O–H groups in total. The molecular formula is C14H19IO4. The van der Waals surface area contributed by atoms with Crippen LogP contribution in [0.15, 0.2) is 0 Å². The summed E-state index contributed by atoms with van der Waals surface area (Å²) in [4.78, 5) is 23.8. The van der Waals surface area contributed by atoms with Gasteiger partial charge in [-0.15, -0.1) is 0 Å². The van der Waals surface area contributed by atoms with Crippen LogP contribution < -0.4 is 0 Å². The fourth-order valence-corrected chi connectivity index (χ4v) is 4.10. The largest absolute Gasteiger partial charge is 0.465 e. The molecule has 2 aliphatic carbocycles. The molecule has 0 spiro atoms. The first kappa shape index (κ1) is 13.6. The number of cyclic esters (lactones) is 1. The van der Waals surface area contributed by atoms with Crippen molar-refractivity contribution in [3.8, 4) is 0 Å². The van der Waals surface area contributed by atoms with Crippen LogP contribution in [0.2, 0.25) is 0 Å². The van der Waals surface area contributed by atoms with Crippen molar-refractivity contribution in [2.75, 3.05) is 11.0 Å². The van der Waals surface area contributed by atoms with Gasteiger partial charge in [0.2, 0.25) is 0 Å². The molecule has 0 radical (unpaired) electrons. The van der Waals surface area contributed by atoms with E-state index in [1.165, 1.54) is 0 Å². The van der Waals surface area contributed by atoms with Gasteiger partial charge < -0.3 is 9.47 Å². The molecule has 5 heteroatoms. The molecule has 1 aliphatic heterocycles. The predicted molar refractivity (Wildman–Crippen MR) is 76.7 cm³/mol. The van der Waals surface area contributed by atoms with Crippen molar-refractivity contribution in [3.63, 3.8) is 0 Å². The average Bonchev–Trinajstić information content (AvgIpc) is 3.02. The van der Waals surface area contributed by atoms with E-state index in [9.17, 15) is 9.59 Å². The van der Waals surface area contributed by atoms with Crippen molar-refractivity contribution in [2.45, 2.75) is 32.8 Å². The fraction of sp³-hybridized carbons (Fsp3) is 0.857. The Morgan fingerprint density at radius 1 is 1.42 bits per heavy atom. The predicted octanol–water partition coefficient (Wildman–Crippen LogP) is 2.19. The maximum absolute atomic E-state index is 12.2. The molecule has 5 unspecified atom stereocenters. The topological polar surface area (TPSA) is 52.6 Å². The maximum Gasteiger partial charge on any atom is 0.312 e. The van der Waals surface area contributed by atoms with Gasteiger partial charge in [-0.05, 0) is 32.6 Å². The zero-order valence-electron chi connectivity index (χ0n) is 11.2. The summed E-state index contributed by atoms with van der Waals surface area (Å²) < 4.78 is 11.6. The lowest BCUT2D eigenvalue weighted by Gasteiger charge is -2.31. The highest BCUT2D eigenvalue weighted by Crippen LogP contribution is 2.56. The average molecular weight is 378 g/mol. The molecule has 3 aliphatic rings. The standard InChI is InChI=1S/C14H19IO4/c1-14(2,6-15)13(17)19-10-4-7-3-8(10)9-5-18-12(16)11(7)9/h7-11H,3-6H2,1-2H3. The number of ether oxygens (including phenoxy) is 2. The van der Waals surface area contributed by atoms with E-state index >= 15 is 0 Å². The van der Waals surface area contributed by atoms with Crippen molar-refractivity contribution in [1.82, 2.24) is 0 Å². The molecule has 5 atom stereocenters. The molecule has 3 rings (SSSR count). The Morgan fingerprint density at radius 2 is 2.16 bits per heavy atom. The van der Waals surface area contributed by atoms with Gasteiger partial charge in [0, 0.05) is 16.3 Å². The van der Waals surface area contributed by atoms with Crippen LogP contribution >= 0.6 is 22.6 Å². The van der Waals surface area contributed by atoms with Crippen LogP contribution in [0.3, 0.4) is 0 Å². The number of esters is 2. The number of hydrogen-bond acceptors (Lipinski definition) is 4. The monoisotopic (exact) mass is 378 g/mol. The highest BCUT2D eigenvalue weighted by Gasteiger charge is 2.60. The summed E-state index contributed by atoms with van der Waals surface area (Å²) in [6.07, 6.45) is 1.85. The van der Waals surface area contributed by atoms with Crippen molar-refractivity contribution in [3.05, 3.63) is 0 Å². The second-order valence-electron chi connectivity index (χ2n) is 6.68. The number of hydrogen-bond donors (Lipinski definition) is 0. The Balaban J connectivity index is 1.67. The molecular weight excluding hydrogens is 359 g/mol. The molecule has 1 heterocycles. The minimum atomic E-state index is -0.427. The summed E-state index contributed by atoms with van der Waals surface area (Å²) in [5, 5.41) is 0. The summed E-state index contributed by atoms with van der Waals surface area (Å²) in [5.41, 5.74) is -0.427. The van der Waals surface area contributed by atoms with Gasteiger partial charge in [0.25, 0.3) is 0 Å². The summed E-state index contributed by atoms with van der Waals surface area (Å²) in [6, 6.07) is 0. The minimum Gasteiger partial charge on any atom is -0.465 e. The molecule has 106 valence electrons. The number of halogens is 1. The van der Waals surface area contributed by atoms with Gasteiger partial charge in [0.15, 0.2) is 0 Å². The van der Waals surface area contributed by atoms with Gasteiger partial charge in [-0.2, -0.15) is 0 Å². The number of rotatable bonds is 3. The Morgan fingerprint density at radius 3 is 2.84 bits per heavy atom. The van der Waals surface area contributed by atoms with Crippen molar-refractivity contribution in [1.29, 1.82) is 0 Å². The zero-order valence-corrected chi connectivity index (χ0v) is 13.4. The Labute approximate surface area is 126 Å². The highest BCUT2D eigenvalue weighted by atomic mass is 127. The third-order valence-corrected chi connectivity index (χ3v) is 6.85. The summed E-state index contributed by atoms with van der Waals surface area (Å²) in [6.45, 7) is 4.36. The molecule has 2 bridgehead atoms. The van der Waals surface area contributed by atoms with Crippen LogP contribution in [0, 0.1) is 29.1 Å². The lowest BCUT2D eigenvalue weighted by molar-refractivity contribution is -0.162. The molecule has 1 saturated heterocycles. The smallest absolute Gasteiger partial charge is 0.312 e. The summed E-state index contributed by atoms with van der Waals surface area (Å²) in [5.74, 6) is 0.918. The van der Waals surface area contributed by atoms with Crippen LogP contribution in [0.25, 0.3) is 0 Å². The lowest BCUT2D eigenvalue weighted by Crippen LogP contribution is -2.38. The normalized spacial score (nSPS) is 40.2. The van der Waals surface area contributed by atoms with E-state index in [-0.39, 0.29) is 29.9 Å². The first-order valence-electron chi connectivity index (χ1n) is 6.87. The molecule has 0 aromatic carbocycles. The Hall–Kier alpha value is -0.330. The van der Waals surface area contributed by atoms with E-state index < -0.39 is 5.41 Å². The third kappa shape index (κ3) is 2.08. The third-order valence-electron chi connectivity index (χ3n) is 4.94. The first-order chi connectivity index (χ1) is 8.94. The lowest BCUT2D eigenvalue weighted by atomic mass is 9.80. The van der Waals surface area contributed by atoms with Crippen molar-refractivity contribution in [2.24, 2.45) is 29.1 Å². The highest BCUT2D eigenvalue weighted by molar-refractivity contribution is 14.1. The molecule has 3 fully saturated rings. The second-order valence-corrected chi connectivity index (χ2v) is 7.44. The van der Waals surface area contributed by atoms with Gasteiger partial charge in [-0.3, -0.25) is 9.59 Å². The van der Waals surface area contributed by atoms with Gasteiger partial charge >= 0.3 is 11.9 Å². The molecule has 19 heavy (non-hydrogen) atoms. The van der Waals surface area contributed by atoms with Crippen molar-refractivity contribution >= 4 is 34.5 Å². The van der Waals surface area contributed by atoms with E-state index in [2.05, 4.69) is 22.6 Å². The van der Waals surface area contributed by atoms with Gasteiger partial charge in [-0.1, -0.05) is 22.6 Å². The van der Waals surface area contributed by atoms with Crippen LogP contribution in [-0.2, 0) is 19.1 Å². The molecule has 0 amide bonds. The van der Waals surface area contributed by atoms with Gasteiger partial charge in [0.1, 0.15) is 6.10 Å². The number of fused-ring (bicyclic) bond motifs is 5. The first-order valence-corrected chi connectivity index (χ1v) is 8.40. The Bertz CT molecular complexity index is 420. The van der Waals surface area contributed by atoms with Crippen LogP contribution in [0.1, 0.15) is 26.7 Å². The Kier molecular flexibility index (Phi) is 3.30. The van der Waals surface area contributed by atoms with E-state index in [4.69, 9.17) is 9.47 Å². The quantitative estimate of drug-likeness (QED) is 0.429. The van der Waals surface area contributed by atoms with Crippen LogP contribution in [0.5, 0.6) is 0 Å². The molecule has 2 saturated carbocycles. The number of carbonyl (C=O) groups is 2. The van der Waals surface area contributed by atoms with E-state index in [1.54, 1.807) is 0 Å². The maximum atomic E-state index is 12.2. The van der Waals surface area contributed by atoms with E-state index in [1.807, 2.05) is 13.8 Å². The molecule has 4 nitrogen and oxygen atoms in total. The molecule has 0 aromatic rings. The van der Waals surface area contributed by atoms with Crippen LogP contribution in [0.4, 0.5) is 0 Å². The number of carbonyl (C=O) groups excluding carboxylic acids is 2. The summed E-state index contributed by atoms with van der Waals surface area (Å²) in [7, 11) is 0. The fourth-order valence-electron chi connectivity index (χ4n) is 3.79. The van der Waals surface area contributed by atoms with Crippen LogP contribution in [-0.4, -0.2) is 29.1 Å². The number of alkyl halides is 1. The molecule has 0 aromatic heterocycles. The minimum absolute atomic E-state index is 0.00419. The summed E-state index contributed by atoms with van der Waals surface area (Å²) >= 11 is 2.22. The van der Waals surface area contributed by atoms with Gasteiger partial charge in [-0.25, -0.2) is 0 Å². The van der Waals surface area contributed by atoms with Gasteiger partial charge in [0.05, 0.1) is 17.9 Å². The second kappa shape index (κ2) is 4.60. The SMILES string of the molecule is CC(C)(CI)C(=O)OC1CC2CC1C1COC(=O)C21. The van der Waals surface area contributed by atoms with Crippen molar-refractivity contribution < 1.29 is 19.1 Å². The van der Waals surface area contributed by atoms with E-state index in [0.717, 1.165) is 17.3 Å². The van der Waals surface area contributed by atoms with E-state index in [0.29, 0.717) is 18.4 Å².